The van der Waals surface area contributed by atoms with Gasteiger partial charge in [0.25, 0.3) is 0 Å². The molecule has 213 valence electrons. The van der Waals surface area contributed by atoms with Crippen molar-refractivity contribution in [2.75, 3.05) is 13.1 Å². The van der Waals surface area contributed by atoms with Crippen molar-refractivity contribution in [1.29, 1.82) is 0 Å². The second-order valence-electron chi connectivity index (χ2n) is 11.1. The smallest absolute Gasteiger partial charge is 0.0264 e. The second kappa shape index (κ2) is 16.3. The molecule has 2 unspecified atom stereocenters. The van der Waals surface area contributed by atoms with Crippen molar-refractivity contribution in [3.63, 3.8) is 0 Å². The van der Waals surface area contributed by atoms with E-state index in [0.29, 0.717) is 36.3 Å². The SMILES string of the molecule is S.S.[Cl][Mn][Cl].c1c2c3nc4c1CCC[C@@H]4[N-][C@@H]1CCCCC1NCCNC1CCCC[C@H]1[N-][C@H]3CCC2. The Morgan fingerprint density at radius 1 is 0.676 bits per heavy atom. The molecule has 0 spiro atoms. The maximum Gasteiger partial charge on any atom is 0.0264 e. The van der Waals surface area contributed by atoms with E-state index in [1.54, 1.807) is 0 Å². The van der Waals surface area contributed by atoms with Crippen molar-refractivity contribution < 1.29 is 13.1 Å². The van der Waals surface area contributed by atoms with Crippen LogP contribution in [0.25, 0.3) is 10.6 Å². The molecular weight excluding hydrogens is 584 g/mol. The Kier molecular flexibility index (Phi) is 14.2. The summed E-state index contributed by atoms with van der Waals surface area (Å²) in [6.45, 7) is 2.10. The van der Waals surface area contributed by atoms with Crippen molar-refractivity contribution in [3.8, 4) is 0 Å². The summed E-state index contributed by atoms with van der Waals surface area (Å²) in [5.74, 6) is 0. The predicted molar refractivity (Wildman–Crippen MR) is 163 cm³/mol. The Bertz CT molecular complexity index is 777. The van der Waals surface area contributed by atoms with Gasteiger partial charge in [-0.25, -0.2) is 0 Å². The Labute approximate surface area is 253 Å². The van der Waals surface area contributed by atoms with E-state index in [1.807, 2.05) is 0 Å². The molecule has 2 saturated carbocycles. The molecule has 6 atom stereocenters. The summed E-state index contributed by atoms with van der Waals surface area (Å²) >= 11 is 0.00694. The van der Waals surface area contributed by atoms with Crippen LogP contribution in [-0.2, 0) is 26.0 Å². The van der Waals surface area contributed by atoms with Gasteiger partial charge in [-0.3, -0.25) is 4.98 Å². The van der Waals surface area contributed by atoms with E-state index in [9.17, 15) is 0 Å². The van der Waals surface area contributed by atoms with E-state index in [-0.39, 0.29) is 40.1 Å². The Morgan fingerprint density at radius 3 is 1.57 bits per heavy atom. The van der Waals surface area contributed by atoms with Crippen LogP contribution in [0, 0.1) is 0 Å². The van der Waals surface area contributed by atoms with E-state index in [2.05, 4.69) is 16.7 Å². The standard InChI is InChI=1S/C27H41N5.2ClH.Mn.2H2S/c1-3-11-22-20(9-1)28-15-16-29-21-10-2-4-12-23(21)31-25-14-6-8-19-17-18-7-5-13-24(30-22)26(18)32-27(19)25;;;;;/h17,20-25,28-29H,1-16H2;2*1H;;2*1H2/q-2;;;+2;;/p-2/t20?,21?,22-,23-,24+,25+;;;;;/m1...../s1. The summed E-state index contributed by atoms with van der Waals surface area (Å²) in [5, 5.41) is 18.8. The van der Waals surface area contributed by atoms with Crippen molar-refractivity contribution in [2.45, 2.75) is 126 Å². The number of pyridine rings is 1. The molecule has 2 heterocycles. The molecule has 37 heavy (non-hydrogen) atoms. The first-order valence-corrected chi connectivity index (χ1v) is 17.3. The zero-order valence-electron chi connectivity index (χ0n) is 21.8. The molecule has 1 aliphatic heterocycles. The molecule has 10 heteroatoms. The van der Waals surface area contributed by atoms with Gasteiger partial charge in [-0.15, -0.1) is 12.1 Å². The molecule has 0 saturated heterocycles. The topological polar surface area (TPSA) is 65.2 Å². The molecule has 0 amide bonds. The first-order valence-electron chi connectivity index (χ1n) is 14.0. The number of halogens is 2. The van der Waals surface area contributed by atoms with E-state index in [0.717, 1.165) is 13.1 Å². The molecule has 2 fully saturated rings. The predicted octanol–water partition coefficient (Wildman–Crippen LogP) is 7.00. The normalized spacial score (nSPS) is 33.4. The molecule has 6 rings (SSSR count). The maximum absolute atomic E-state index is 5.51. The van der Waals surface area contributed by atoms with E-state index in [4.69, 9.17) is 35.8 Å². The first kappa shape index (κ1) is 32.3. The van der Waals surface area contributed by atoms with Gasteiger partial charge in [0.15, 0.2) is 0 Å². The fourth-order valence-electron chi connectivity index (χ4n) is 7.18. The minimum Gasteiger partial charge on any atom is -0.650 e. The summed E-state index contributed by atoms with van der Waals surface area (Å²) < 4.78 is 0. The van der Waals surface area contributed by atoms with Gasteiger partial charge >= 0.3 is 33.3 Å². The van der Waals surface area contributed by atoms with Gasteiger partial charge in [0.1, 0.15) is 0 Å². The molecule has 4 aliphatic carbocycles. The van der Waals surface area contributed by atoms with Gasteiger partial charge in [-0.05, 0) is 48.9 Å². The molecule has 5 aliphatic rings. The number of nitrogens with zero attached hydrogens (tertiary/aromatic N) is 3. The molecule has 0 radical (unpaired) electrons. The fraction of sp³-hybridized carbons (Fsp3) is 0.815. The summed E-state index contributed by atoms with van der Waals surface area (Å²) in [7, 11) is 9.59. The first-order chi connectivity index (χ1) is 17.3. The molecule has 5 nitrogen and oxygen atoms in total. The Hall–Kier alpha value is 0.789. The van der Waals surface area contributed by atoms with Gasteiger partial charge in [0.05, 0.1) is 0 Å². The van der Waals surface area contributed by atoms with Gasteiger partial charge in [-0.1, -0.05) is 82.4 Å². The minimum absolute atomic E-state index is 0. The van der Waals surface area contributed by atoms with Crippen LogP contribution in [0.3, 0.4) is 0 Å². The van der Waals surface area contributed by atoms with Crippen LogP contribution in [0.15, 0.2) is 6.07 Å². The Balaban J connectivity index is 0.000000727. The minimum atomic E-state index is 0. The number of hydrogen-bond donors (Lipinski definition) is 2. The summed E-state index contributed by atoms with van der Waals surface area (Å²) in [6, 6.07) is 5.09. The second-order valence-corrected chi connectivity index (χ2v) is 13.0. The third-order valence-electron chi connectivity index (χ3n) is 8.87. The van der Waals surface area contributed by atoms with Crippen LogP contribution >= 0.6 is 47.2 Å². The van der Waals surface area contributed by atoms with Crippen LogP contribution in [0.2, 0.25) is 0 Å². The van der Waals surface area contributed by atoms with E-state index >= 15 is 0 Å². The molecule has 1 aromatic rings. The Morgan fingerprint density at radius 2 is 1.11 bits per heavy atom. The summed E-state index contributed by atoms with van der Waals surface area (Å²) in [4.78, 5) is 5.44. The van der Waals surface area contributed by atoms with Crippen LogP contribution in [0.4, 0.5) is 0 Å². The third-order valence-corrected chi connectivity index (χ3v) is 8.87. The van der Waals surface area contributed by atoms with Crippen molar-refractivity contribution in [1.82, 2.24) is 15.6 Å². The van der Waals surface area contributed by atoms with Gasteiger partial charge in [-0.2, -0.15) is 27.0 Å². The molecular formula is C27H45Cl2MnN5S2-2. The fourth-order valence-corrected chi connectivity index (χ4v) is 7.18. The quantitative estimate of drug-likeness (QED) is 0.304. The van der Waals surface area contributed by atoms with Gasteiger partial charge in [0.2, 0.25) is 0 Å². The number of fused-ring (bicyclic) bond motifs is 2. The number of aryl methyl sites for hydroxylation is 2. The number of rotatable bonds is 0. The molecule has 2 N–H and O–H groups in total. The zero-order chi connectivity index (χ0) is 24.0. The van der Waals surface area contributed by atoms with Crippen LogP contribution in [0.5, 0.6) is 0 Å². The van der Waals surface area contributed by atoms with E-state index < -0.39 is 0 Å². The zero-order valence-corrected chi connectivity index (χ0v) is 26.5. The molecule has 1 aromatic heterocycles. The van der Waals surface area contributed by atoms with Crippen LogP contribution in [0.1, 0.15) is 112 Å². The van der Waals surface area contributed by atoms with Crippen LogP contribution < -0.4 is 10.6 Å². The number of nitrogens with one attached hydrogen (secondary N) is 2. The molecule has 2 bridgehead atoms. The van der Waals surface area contributed by atoms with Gasteiger partial charge < -0.3 is 21.3 Å². The summed E-state index contributed by atoms with van der Waals surface area (Å²) in [6.07, 6.45) is 17.6. The van der Waals surface area contributed by atoms with Crippen molar-refractivity contribution in [2.24, 2.45) is 0 Å². The largest absolute Gasteiger partial charge is 0.650 e. The van der Waals surface area contributed by atoms with Crippen molar-refractivity contribution in [3.05, 3.63) is 39.2 Å². The van der Waals surface area contributed by atoms with Crippen molar-refractivity contribution >= 4 is 47.2 Å². The monoisotopic (exact) mass is 628 g/mol. The number of hydrogen-bond acceptors (Lipinski definition) is 3. The number of aromatic nitrogens is 1. The van der Waals surface area contributed by atoms with Gasteiger partial charge in [0, 0.05) is 24.5 Å². The third kappa shape index (κ3) is 8.18. The van der Waals surface area contributed by atoms with E-state index in [1.165, 1.54) is 112 Å². The average Bonchev–Trinajstić information content (AvgIpc) is 2.88. The molecule has 0 aromatic carbocycles. The average molecular weight is 630 g/mol. The maximum atomic E-state index is 5.51. The van der Waals surface area contributed by atoms with Crippen LogP contribution in [-0.4, -0.2) is 42.2 Å². The summed E-state index contributed by atoms with van der Waals surface area (Å²) in [5.41, 5.74) is 5.61.